The molecule has 1 aromatic carbocycles. The van der Waals surface area contributed by atoms with E-state index in [0.29, 0.717) is 22.5 Å². The summed E-state index contributed by atoms with van der Waals surface area (Å²) in [5, 5.41) is 2.65. The van der Waals surface area contributed by atoms with Crippen molar-refractivity contribution in [3.05, 3.63) is 59.0 Å². The number of hydrogen-bond acceptors (Lipinski definition) is 3. The Morgan fingerprint density at radius 2 is 2.19 bits per heavy atom. The van der Waals surface area contributed by atoms with Crippen molar-refractivity contribution >= 4 is 11.7 Å². The highest BCUT2D eigenvalue weighted by atomic mass is 19.1. The summed E-state index contributed by atoms with van der Waals surface area (Å²) in [7, 11) is 0. The molecule has 1 amide bonds. The summed E-state index contributed by atoms with van der Waals surface area (Å²) in [5.41, 5.74) is 6.80. The van der Waals surface area contributed by atoms with Crippen LogP contribution in [0.15, 0.2) is 36.5 Å². The SMILES string of the molecule is Cc1cc(C(=O)Nc2cc(C#CCN)ccn2)ccc1F. The smallest absolute Gasteiger partial charge is 0.256 e. The first-order valence-corrected chi connectivity index (χ1v) is 6.32. The third-order valence-electron chi connectivity index (χ3n) is 2.76. The molecule has 5 heteroatoms. The van der Waals surface area contributed by atoms with Crippen LogP contribution in [-0.4, -0.2) is 17.4 Å². The van der Waals surface area contributed by atoms with Gasteiger partial charge in [0.05, 0.1) is 6.54 Å². The minimum atomic E-state index is -0.352. The van der Waals surface area contributed by atoms with Crippen molar-refractivity contribution in [1.82, 2.24) is 4.98 Å². The standard InChI is InChI=1S/C16H14FN3O/c1-11-9-13(4-5-14(11)17)16(21)20-15-10-12(3-2-7-18)6-8-19-15/h4-6,8-10H,7,18H2,1H3,(H,19,20,21). The van der Waals surface area contributed by atoms with Crippen molar-refractivity contribution in [3.8, 4) is 11.8 Å². The quantitative estimate of drug-likeness (QED) is 0.829. The molecule has 0 unspecified atom stereocenters. The van der Waals surface area contributed by atoms with Gasteiger partial charge >= 0.3 is 0 Å². The zero-order valence-corrected chi connectivity index (χ0v) is 11.5. The molecule has 2 aromatic rings. The molecule has 0 saturated heterocycles. The second kappa shape index (κ2) is 6.64. The van der Waals surface area contributed by atoms with E-state index in [0.717, 1.165) is 0 Å². The predicted molar refractivity (Wildman–Crippen MR) is 79.3 cm³/mol. The normalized spacial score (nSPS) is 9.67. The Morgan fingerprint density at radius 1 is 1.38 bits per heavy atom. The lowest BCUT2D eigenvalue weighted by molar-refractivity contribution is 0.102. The van der Waals surface area contributed by atoms with Crippen LogP contribution in [0.4, 0.5) is 10.2 Å². The fourth-order valence-electron chi connectivity index (χ4n) is 1.70. The maximum atomic E-state index is 13.2. The summed E-state index contributed by atoms with van der Waals surface area (Å²) in [5.74, 6) is 5.27. The van der Waals surface area contributed by atoms with Gasteiger partial charge in [-0.25, -0.2) is 9.37 Å². The molecule has 106 valence electrons. The average molecular weight is 283 g/mol. The number of aryl methyl sites for hydroxylation is 1. The van der Waals surface area contributed by atoms with Gasteiger partial charge in [0.1, 0.15) is 11.6 Å². The zero-order valence-electron chi connectivity index (χ0n) is 11.5. The van der Waals surface area contributed by atoms with Crippen molar-refractivity contribution in [2.45, 2.75) is 6.92 Å². The number of hydrogen-bond donors (Lipinski definition) is 2. The molecule has 0 saturated carbocycles. The molecular formula is C16H14FN3O. The number of nitrogens with two attached hydrogens (primary N) is 1. The molecule has 0 spiro atoms. The Kier molecular flexibility index (Phi) is 4.64. The monoisotopic (exact) mass is 283 g/mol. The second-order valence-electron chi connectivity index (χ2n) is 4.35. The van der Waals surface area contributed by atoms with E-state index in [-0.39, 0.29) is 18.3 Å². The maximum absolute atomic E-state index is 13.2. The highest BCUT2D eigenvalue weighted by Gasteiger charge is 2.09. The van der Waals surface area contributed by atoms with Crippen LogP contribution < -0.4 is 11.1 Å². The van der Waals surface area contributed by atoms with Crippen molar-refractivity contribution in [3.63, 3.8) is 0 Å². The Morgan fingerprint density at radius 3 is 2.90 bits per heavy atom. The minimum Gasteiger partial charge on any atom is -0.320 e. The molecule has 4 nitrogen and oxygen atoms in total. The van der Waals surface area contributed by atoms with E-state index in [1.165, 1.54) is 18.2 Å². The van der Waals surface area contributed by atoms with Crippen LogP contribution in [0.3, 0.4) is 0 Å². The van der Waals surface area contributed by atoms with Gasteiger partial charge < -0.3 is 11.1 Å². The number of pyridine rings is 1. The third kappa shape index (κ3) is 3.88. The largest absolute Gasteiger partial charge is 0.320 e. The molecule has 1 aromatic heterocycles. The number of nitrogens with one attached hydrogen (secondary N) is 1. The number of amides is 1. The Balaban J connectivity index is 2.17. The van der Waals surface area contributed by atoms with Crippen molar-refractivity contribution in [1.29, 1.82) is 0 Å². The zero-order chi connectivity index (χ0) is 15.2. The molecule has 0 radical (unpaired) electrons. The molecule has 0 fully saturated rings. The summed E-state index contributed by atoms with van der Waals surface area (Å²) < 4.78 is 13.2. The number of nitrogens with zero attached hydrogens (tertiary/aromatic N) is 1. The van der Waals surface area contributed by atoms with E-state index < -0.39 is 0 Å². The van der Waals surface area contributed by atoms with E-state index in [2.05, 4.69) is 22.1 Å². The summed E-state index contributed by atoms with van der Waals surface area (Å²) in [6.07, 6.45) is 1.55. The van der Waals surface area contributed by atoms with Crippen LogP contribution in [0, 0.1) is 24.6 Å². The number of rotatable bonds is 2. The third-order valence-corrected chi connectivity index (χ3v) is 2.76. The summed E-state index contributed by atoms with van der Waals surface area (Å²) in [6.45, 7) is 1.87. The topological polar surface area (TPSA) is 68.0 Å². The van der Waals surface area contributed by atoms with Crippen molar-refractivity contribution < 1.29 is 9.18 Å². The van der Waals surface area contributed by atoms with Crippen LogP contribution in [0.1, 0.15) is 21.5 Å². The molecule has 1 heterocycles. The number of anilines is 1. The summed E-state index contributed by atoms with van der Waals surface area (Å²) >= 11 is 0. The molecule has 2 rings (SSSR count). The molecule has 21 heavy (non-hydrogen) atoms. The summed E-state index contributed by atoms with van der Waals surface area (Å²) in [4.78, 5) is 16.1. The number of halogens is 1. The number of benzene rings is 1. The fraction of sp³-hybridized carbons (Fsp3) is 0.125. The minimum absolute atomic E-state index is 0.263. The van der Waals surface area contributed by atoms with Gasteiger partial charge in [-0.1, -0.05) is 11.8 Å². The van der Waals surface area contributed by atoms with Crippen LogP contribution in [0.25, 0.3) is 0 Å². The van der Waals surface area contributed by atoms with E-state index in [4.69, 9.17) is 5.73 Å². The van der Waals surface area contributed by atoms with Gasteiger partial charge in [0.15, 0.2) is 0 Å². The lowest BCUT2D eigenvalue weighted by Crippen LogP contribution is -2.13. The molecular weight excluding hydrogens is 269 g/mol. The first kappa shape index (κ1) is 14.7. The maximum Gasteiger partial charge on any atom is 0.256 e. The second-order valence-corrected chi connectivity index (χ2v) is 4.35. The van der Waals surface area contributed by atoms with Gasteiger partial charge in [-0.05, 0) is 42.8 Å². The van der Waals surface area contributed by atoms with Gasteiger partial charge in [-0.15, -0.1) is 0 Å². The highest BCUT2D eigenvalue weighted by molar-refractivity contribution is 6.03. The lowest BCUT2D eigenvalue weighted by atomic mass is 10.1. The van der Waals surface area contributed by atoms with Gasteiger partial charge in [0, 0.05) is 17.3 Å². The van der Waals surface area contributed by atoms with E-state index in [9.17, 15) is 9.18 Å². The van der Waals surface area contributed by atoms with E-state index in [1.54, 1.807) is 25.3 Å². The number of carbonyl (C=O) groups is 1. The van der Waals surface area contributed by atoms with E-state index >= 15 is 0 Å². The molecule has 0 atom stereocenters. The van der Waals surface area contributed by atoms with Gasteiger partial charge in [-0.3, -0.25) is 4.79 Å². The van der Waals surface area contributed by atoms with Gasteiger partial charge in [0.25, 0.3) is 5.91 Å². The summed E-state index contributed by atoms with van der Waals surface area (Å²) in [6, 6.07) is 7.55. The molecule has 0 aliphatic heterocycles. The predicted octanol–water partition coefficient (Wildman–Crippen LogP) is 2.09. The molecule has 0 bridgehead atoms. The van der Waals surface area contributed by atoms with Gasteiger partial charge in [0.2, 0.25) is 0 Å². The molecule has 3 N–H and O–H groups in total. The van der Waals surface area contributed by atoms with Crippen LogP contribution in [0.2, 0.25) is 0 Å². The van der Waals surface area contributed by atoms with E-state index in [1.807, 2.05) is 0 Å². The first-order chi connectivity index (χ1) is 10.1. The Labute approximate surface area is 122 Å². The van der Waals surface area contributed by atoms with Gasteiger partial charge in [-0.2, -0.15) is 0 Å². The van der Waals surface area contributed by atoms with Crippen LogP contribution >= 0.6 is 0 Å². The fourth-order valence-corrected chi connectivity index (χ4v) is 1.70. The molecule has 0 aliphatic rings. The Hall–Kier alpha value is -2.71. The van der Waals surface area contributed by atoms with Crippen LogP contribution in [-0.2, 0) is 0 Å². The van der Waals surface area contributed by atoms with Crippen LogP contribution in [0.5, 0.6) is 0 Å². The average Bonchev–Trinajstić information content (AvgIpc) is 2.48. The van der Waals surface area contributed by atoms with Crippen molar-refractivity contribution in [2.75, 3.05) is 11.9 Å². The highest BCUT2D eigenvalue weighted by Crippen LogP contribution is 2.12. The molecule has 0 aliphatic carbocycles. The number of aromatic nitrogens is 1. The first-order valence-electron chi connectivity index (χ1n) is 6.32. The Bertz CT molecular complexity index is 732. The van der Waals surface area contributed by atoms with Crippen molar-refractivity contribution in [2.24, 2.45) is 5.73 Å². The number of carbonyl (C=O) groups excluding carboxylic acids is 1. The lowest BCUT2D eigenvalue weighted by Gasteiger charge is -2.06.